The zero-order chi connectivity index (χ0) is 12.8. The minimum absolute atomic E-state index is 0.0409. The Kier molecular flexibility index (Phi) is 2.52. The van der Waals surface area contributed by atoms with E-state index in [0.29, 0.717) is 5.70 Å². The molecule has 0 radical (unpaired) electrons. The third-order valence-corrected chi connectivity index (χ3v) is 3.87. The van der Waals surface area contributed by atoms with Gasteiger partial charge in [0.1, 0.15) is 0 Å². The second-order valence-electron chi connectivity index (χ2n) is 5.83. The Labute approximate surface area is 103 Å². The lowest BCUT2D eigenvalue weighted by Gasteiger charge is -2.47. The Morgan fingerprint density at radius 3 is 2.65 bits per heavy atom. The average molecular weight is 230 g/mol. The summed E-state index contributed by atoms with van der Waals surface area (Å²) >= 11 is 0. The predicted octanol–water partition coefficient (Wildman–Crippen LogP) is 2.28. The van der Waals surface area contributed by atoms with E-state index >= 15 is 0 Å². The molecular weight excluding hydrogens is 212 g/mol. The highest BCUT2D eigenvalue weighted by Crippen LogP contribution is 2.49. The standard InChI is InChI=1S/C14H18N2O/c1-13(2)11-6-7-16(5)9-14(11,3)8-10(15-4)12(13)17/h6,8H,7,9H2,1-3,5H3/t14-/m1/s1. The summed E-state index contributed by atoms with van der Waals surface area (Å²) in [5.41, 5.74) is 0.750. The highest BCUT2D eigenvalue weighted by Gasteiger charge is 2.48. The maximum absolute atomic E-state index is 12.2. The molecular formula is C14H18N2O. The molecule has 3 heteroatoms. The highest BCUT2D eigenvalue weighted by atomic mass is 16.1. The molecule has 0 aromatic carbocycles. The normalized spacial score (nSPS) is 32.3. The zero-order valence-corrected chi connectivity index (χ0v) is 10.9. The van der Waals surface area contributed by atoms with E-state index < -0.39 is 5.41 Å². The molecule has 1 aliphatic carbocycles. The van der Waals surface area contributed by atoms with Gasteiger partial charge in [0, 0.05) is 23.9 Å². The summed E-state index contributed by atoms with van der Waals surface area (Å²) in [5.74, 6) is -0.0409. The van der Waals surface area contributed by atoms with Crippen molar-refractivity contribution in [2.45, 2.75) is 20.8 Å². The number of likely N-dealkylation sites (N-methyl/N-ethyl adjacent to an activating group) is 1. The minimum atomic E-state index is -0.537. The van der Waals surface area contributed by atoms with Gasteiger partial charge in [-0.2, -0.15) is 0 Å². The van der Waals surface area contributed by atoms with Gasteiger partial charge >= 0.3 is 0 Å². The number of carbonyl (C=O) groups excluding carboxylic acids is 1. The number of rotatable bonds is 0. The van der Waals surface area contributed by atoms with E-state index in [4.69, 9.17) is 6.57 Å². The quantitative estimate of drug-likeness (QED) is 0.471. The van der Waals surface area contributed by atoms with Crippen molar-refractivity contribution in [1.82, 2.24) is 4.90 Å². The molecule has 90 valence electrons. The number of hydrogen-bond donors (Lipinski definition) is 0. The Morgan fingerprint density at radius 2 is 2.06 bits per heavy atom. The molecule has 0 aromatic heterocycles. The lowest BCUT2D eigenvalue weighted by atomic mass is 9.61. The van der Waals surface area contributed by atoms with Crippen LogP contribution in [-0.2, 0) is 4.79 Å². The van der Waals surface area contributed by atoms with Gasteiger partial charge in [0.2, 0.25) is 5.70 Å². The van der Waals surface area contributed by atoms with E-state index in [1.165, 1.54) is 5.57 Å². The van der Waals surface area contributed by atoms with Crippen LogP contribution in [0.5, 0.6) is 0 Å². The summed E-state index contributed by atoms with van der Waals surface area (Å²) in [5, 5.41) is 0. The molecule has 0 amide bonds. The lowest BCUT2D eigenvalue weighted by molar-refractivity contribution is -0.122. The average Bonchev–Trinajstić information content (AvgIpc) is 2.23. The highest BCUT2D eigenvalue weighted by molar-refractivity contribution is 6.04. The molecule has 0 saturated carbocycles. The number of Topliss-reactive ketones (excluding diaryl/α,β-unsaturated/α-hetero) is 1. The van der Waals surface area contributed by atoms with Crippen molar-refractivity contribution in [3.63, 3.8) is 0 Å². The van der Waals surface area contributed by atoms with Crippen LogP contribution in [0.3, 0.4) is 0 Å². The van der Waals surface area contributed by atoms with Gasteiger partial charge in [0.05, 0.1) is 6.57 Å². The molecule has 17 heavy (non-hydrogen) atoms. The van der Waals surface area contributed by atoms with Gasteiger partial charge < -0.3 is 9.69 Å². The van der Waals surface area contributed by atoms with Crippen molar-refractivity contribution in [2.75, 3.05) is 20.1 Å². The molecule has 0 bridgehead atoms. The third-order valence-electron chi connectivity index (χ3n) is 3.87. The summed E-state index contributed by atoms with van der Waals surface area (Å²) < 4.78 is 0. The molecule has 0 spiro atoms. The first kappa shape index (κ1) is 12.1. The van der Waals surface area contributed by atoms with Crippen LogP contribution in [0.15, 0.2) is 23.4 Å². The van der Waals surface area contributed by atoms with Crippen LogP contribution in [-0.4, -0.2) is 30.8 Å². The molecule has 0 fully saturated rings. The van der Waals surface area contributed by atoms with Crippen molar-refractivity contribution >= 4 is 5.78 Å². The first-order valence-electron chi connectivity index (χ1n) is 5.86. The summed E-state index contributed by atoms with van der Waals surface area (Å²) in [6, 6.07) is 0. The Hall–Kier alpha value is -1.40. The monoisotopic (exact) mass is 230 g/mol. The van der Waals surface area contributed by atoms with Crippen LogP contribution < -0.4 is 0 Å². The van der Waals surface area contributed by atoms with Crippen molar-refractivity contribution in [3.8, 4) is 0 Å². The number of hydrogen-bond acceptors (Lipinski definition) is 2. The van der Waals surface area contributed by atoms with Gasteiger partial charge in [0.15, 0.2) is 5.78 Å². The number of allylic oxidation sites excluding steroid dienone is 1. The van der Waals surface area contributed by atoms with E-state index in [1.807, 2.05) is 19.9 Å². The Balaban J connectivity index is 2.63. The second-order valence-corrected chi connectivity index (χ2v) is 5.83. The van der Waals surface area contributed by atoms with Gasteiger partial charge in [0.25, 0.3) is 0 Å². The van der Waals surface area contributed by atoms with Gasteiger partial charge in [-0.1, -0.05) is 38.5 Å². The number of fused-ring (bicyclic) bond motifs is 1. The molecule has 1 aliphatic heterocycles. The fourth-order valence-corrected chi connectivity index (χ4v) is 3.18. The summed E-state index contributed by atoms with van der Waals surface area (Å²) in [4.78, 5) is 17.8. The molecule has 0 aromatic rings. The number of carbonyl (C=O) groups is 1. The molecule has 0 saturated heterocycles. The van der Waals surface area contributed by atoms with Crippen molar-refractivity contribution in [1.29, 1.82) is 0 Å². The van der Waals surface area contributed by atoms with Gasteiger partial charge in [-0.25, -0.2) is 4.85 Å². The maximum Gasteiger partial charge on any atom is 0.227 e. The first-order chi connectivity index (χ1) is 7.81. The fraction of sp³-hybridized carbons (Fsp3) is 0.571. The van der Waals surface area contributed by atoms with E-state index in [0.717, 1.165) is 13.1 Å². The van der Waals surface area contributed by atoms with Crippen LogP contribution >= 0.6 is 0 Å². The summed E-state index contributed by atoms with van der Waals surface area (Å²) in [6.07, 6.45) is 4.01. The summed E-state index contributed by atoms with van der Waals surface area (Å²) in [7, 11) is 2.06. The molecule has 0 N–H and O–H groups in total. The third kappa shape index (κ3) is 1.64. The molecule has 2 rings (SSSR count). The Morgan fingerprint density at radius 1 is 1.41 bits per heavy atom. The summed E-state index contributed by atoms with van der Waals surface area (Å²) in [6.45, 7) is 14.9. The number of ketones is 1. The lowest BCUT2D eigenvalue weighted by Crippen LogP contribution is -2.47. The van der Waals surface area contributed by atoms with E-state index in [1.54, 1.807) is 0 Å². The zero-order valence-electron chi connectivity index (χ0n) is 10.9. The SMILES string of the molecule is [C-]#[N+]C1=C[C@]2(C)CN(C)CC=C2C(C)(C)C1=O. The molecule has 0 unspecified atom stereocenters. The second kappa shape index (κ2) is 3.54. The molecule has 2 aliphatic rings. The fourth-order valence-electron chi connectivity index (χ4n) is 3.18. The number of nitrogens with zero attached hydrogens (tertiary/aromatic N) is 2. The Bertz CT molecular complexity index is 479. The molecule has 1 heterocycles. The minimum Gasteiger partial charge on any atom is -0.307 e. The van der Waals surface area contributed by atoms with Gasteiger partial charge in [-0.05, 0) is 7.05 Å². The van der Waals surface area contributed by atoms with Crippen LogP contribution in [0.4, 0.5) is 0 Å². The van der Waals surface area contributed by atoms with Crippen LogP contribution in [0.25, 0.3) is 4.85 Å². The predicted molar refractivity (Wildman–Crippen MR) is 67.2 cm³/mol. The van der Waals surface area contributed by atoms with Crippen molar-refractivity contribution < 1.29 is 4.79 Å². The van der Waals surface area contributed by atoms with Gasteiger partial charge in [-0.3, -0.25) is 0 Å². The molecule has 1 atom stereocenters. The first-order valence-corrected chi connectivity index (χ1v) is 5.86. The van der Waals surface area contributed by atoms with E-state index in [-0.39, 0.29) is 11.2 Å². The van der Waals surface area contributed by atoms with Crippen LogP contribution in [0.2, 0.25) is 0 Å². The van der Waals surface area contributed by atoms with E-state index in [2.05, 4.69) is 29.8 Å². The van der Waals surface area contributed by atoms with Gasteiger partial charge in [-0.15, -0.1) is 0 Å². The topological polar surface area (TPSA) is 24.7 Å². The van der Waals surface area contributed by atoms with Crippen molar-refractivity contribution in [2.24, 2.45) is 10.8 Å². The maximum atomic E-state index is 12.2. The van der Waals surface area contributed by atoms with Crippen LogP contribution in [0, 0.1) is 17.4 Å². The van der Waals surface area contributed by atoms with Crippen molar-refractivity contribution in [3.05, 3.63) is 34.8 Å². The molecule has 3 nitrogen and oxygen atoms in total. The van der Waals surface area contributed by atoms with Crippen LogP contribution in [0.1, 0.15) is 20.8 Å². The smallest absolute Gasteiger partial charge is 0.227 e. The van der Waals surface area contributed by atoms with E-state index in [9.17, 15) is 4.79 Å². The largest absolute Gasteiger partial charge is 0.307 e.